The fraction of sp³-hybridized carbons (Fsp3) is 0.562. The molecule has 7 heteroatoms. The van der Waals surface area contributed by atoms with E-state index in [0.29, 0.717) is 13.2 Å². The van der Waals surface area contributed by atoms with Crippen molar-refractivity contribution in [3.8, 4) is 5.75 Å². The zero-order valence-electron chi connectivity index (χ0n) is 14.2. The van der Waals surface area contributed by atoms with Crippen LogP contribution in [0.3, 0.4) is 0 Å². The Morgan fingerprint density at radius 3 is 2.39 bits per heavy atom. The number of rotatable bonds is 7. The summed E-state index contributed by atoms with van der Waals surface area (Å²) < 4.78 is 16.0. The van der Waals surface area contributed by atoms with Gasteiger partial charge in [0.15, 0.2) is 7.85 Å². The Morgan fingerprint density at radius 2 is 1.83 bits per heavy atom. The molecule has 0 spiro atoms. The van der Waals surface area contributed by atoms with Crippen molar-refractivity contribution in [3.63, 3.8) is 0 Å². The maximum atomic E-state index is 11.3. The van der Waals surface area contributed by atoms with Gasteiger partial charge in [-0.15, -0.1) is 0 Å². The van der Waals surface area contributed by atoms with Crippen LogP contribution in [-0.2, 0) is 14.3 Å². The largest absolute Gasteiger partial charge is 0.491 e. The Morgan fingerprint density at radius 1 is 1.17 bits per heavy atom. The van der Waals surface area contributed by atoms with Crippen LogP contribution in [0.25, 0.3) is 0 Å². The van der Waals surface area contributed by atoms with Crippen LogP contribution in [0.5, 0.6) is 5.75 Å². The first-order chi connectivity index (χ1) is 11.1. The number of piperazine rings is 1. The number of hydrogen-bond acceptors (Lipinski definition) is 5. The summed E-state index contributed by atoms with van der Waals surface area (Å²) in [5.74, 6) is 0.975. The highest BCUT2D eigenvalue weighted by Crippen LogP contribution is 2.20. The number of nitrogens with zero attached hydrogens (tertiary/aromatic N) is 2. The van der Waals surface area contributed by atoms with Gasteiger partial charge in [0.1, 0.15) is 18.5 Å². The van der Waals surface area contributed by atoms with Gasteiger partial charge in [-0.3, -0.25) is 4.79 Å². The molecular formula is C16H25BN2O4. The molecular weight excluding hydrogens is 295 g/mol. The summed E-state index contributed by atoms with van der Waals surface area (Å²) in [5.41, 5.74) is 1.16. The summed E-state index contributed by atoms with van der Waals surface area (Å²) in [7, 11) is 3.46. The standard InChI is InChI=1S/C16H25BN2O4/c1-13(20)18-7-9-19(10-8-18)14-3-5-15(6-4-14)22-11-12-23-16(17)21-2/h3-6,16H,7-12,17H2,1-2H3. The van der Waals surface area contributed by atoms with Crippen molar-refractivity contribution in [1.82, 2.24) is 4.90 Å². The van der Waals surface area contributed by atoms with Gasteiger partial charge in [0.2, 0.25) is 5.91 Å². The van der Waals surface area contributed by atoms with Crippen molar-refractivity contribution in [1.29, 1.82) is 0 Å². The van der Waals surface area contributed by atoms with Gasteiger partial charge in [-0.2, -0.15) is 0 Å². The van der Waals surface area contributed by atoms with Crippen LogP contribution in [-0.4, -0.2) is 71.3 Å². The number of amides is 1. The molecule has 0 aromatic heterocycles. The van der Waals surface area contributed by atoms with Crippen LogP contribution in [0.1, 0.15) is 6.92 Å². The van der Waals surface area contributed by atoms with E-state index in [0.717, 1.165) is 37.6 Å². The highest BCUT2D eigenvalue weighted by atomic mass is 16.7. The Labute approximate surface area is 138 Å². The van der Waals surface area contributed by atoms with Crippen LogP contribution >= 0.6 is 0 Å². The molecule has 1 unspecified atom stereocenters. The third kappa shape index (κ3) is 5.44. The Balaban J connectivity index is 1.75. The summed E-state index contributed by atoms with van der Waals surface area (Å²) in [5, 5.41) is 0. The Kier molecular flexibility index (Phi) is 6.74. The van der Waals surface area contributed by atoms with Crippen LogP contribution in [0.2, 0.25) is 0 Å². The minimum atomic E-state index is -0.213. The predicted molar refractivity (Wildman–Crippen MR) is 91.7 cm³/mol. The topological polar surface area (TPSA) is 51.2 Å². The van der Waals surface area contributed by atoms with Crippen molar-refractivity contribution < 1.29 is 19.0 Å². The summed E-state index contributed by atoms with van der Waals surface area (Å²) in [6.45, 7) is 5.89. The normalized spacial score (nSPS) is 16.3. The molecule has 0 bridgehead atoms. The second-order valence-electron chi connectivity index (χ2n) is 5.51. The van der Waals surface area contributed by atoms with E-state index in [1.807, 2.05) is 24.9 Å². The number of methoxy groups -OCH3 is 1. The van der Waals surface area contributed by atoms with E-state index in [9.17, 15) is 4.79 Å². The zero-order chi connectivity index (χ0) is 16.7. The van der Waals surface area contributed by atoms with Gasteiger partial charge >= 0.3 is 0 Å². The average Bonchev–Trinajstić information content (AvgIpc) is 2.59. The molecule has 0 saturated carbocycles. The van der Waals surface area contributed by atoms with Crippen molar-refractivity contribution in [2.75, 3.05) is 51.4 Å². The maximum Gasteiger partial charge on any atom is 0.219 e. The first-order valence-electron chi connectivity index (χ1n) is 7.98. The molecule has 1 atom stereocenters. The van der Waals surface area contributed by atoms with Crippen LogP contribution < -0.4 is 9.64 Å². The van der Waals surface area contributed by atoms with Crippen molar-refractivity contribution in [2.24, 2.45) is 0 Å². The lowest BCUT2D eigenvalue weighted by molar-refractivity contribution is -0.129. The molecule has 0 N–H and O–H groups in total. The highest BCUT2D eigenvalue weighted by molar-refractivity contribution is 6.09. The minimum absolute atomic E-state index is 0.151. The van der Waals surface area contributed by atoms with Crippen molar-refractivity contribution >= 4 is 19.4 Å². The quantitative estimate of drug-likeness (QED) is 0.411. The second kappa shape index (κ2) is 8.79. The second-order valence-corrected chi connectivity index (χ2v) is 5.51. The van der Waals surface area contributed by atoms with E-state index in [-0.39, 0.29) is 12.1 Å². The minimum Gasteiger partial charge on any atom is -0.491 e. The number of carbonyl (C=O) groups excluding carboxylic acids is 1. The van der Waals surface area contributed by atoms with Crippen LogP contribution in [0.15, 0.2) is 24.3 Å². The van der Waals surface area contributed by atoms with E-state index >= 15 is 0 Å². The molecule has 0 radical (unpaired) electrons. The molecule has 2 rings (SSSR count). The number of carbonyl (C=O) groups is 1. The molecule has 1 aliphatic rings. The zero-order valence-corrected chi connectivity index (χ0v) is 14.2. The molecule has 1 fully saturated rings. The lowest BCUT2D eigenvalue weighted by Crippen LogP contribution is -2.48. The number of ether oxygens (including phenoxy) is 3. The van der Waals surface area contributed by atoms with E-state index < -0.39 is 0 Å². The smallest absolute Gasteiger partial charge is 0.219 e. The Bertz CT molecular complexity index is 489. The fourth-order valence-corrected chi connectivity index (χ4v) is 2.47. The van der Waals surface area contributed by atoms with Gasteiger partial charge < -0.3 is 24.0 Å². The van der Waals surface area contributed by atoms with E-state index in [1.54, 1.807) is 14.0 Å². The van der Waals surface area contributed by atoms with Gasteiger partial charge in [-0.1, -0.05) is 0 Å². The third-order valence-corrected chi connectivity index (χ3v) is 3.96. The molecule has 1 heterocycles. The van der Waals surface area contributed by atoms with Gasteiger partial charge in [0.25, 0.3) is 0 Å². The van der Waals surface area contributed by atoms with E-state index in [4.69, 9.17) is 14.2 Å². The van der Waals surface area contributed by atoms with Crippen molar-refractivity contribution in [3.05, 3.63) is 24.3 Å². The summed E-state index contributed by atoms with van der Waals surface area (Å²) >= 11 is 0. The SMILES string of the molecule is BC(OC)OCCOc1ccc(N2CCN(C(C)=O)CC2)cc1. The first-order valence-corrected chi connectivity index (χ1v) is 7.98. The average molecular weight is 320 g/mol. The Hall–Kier alpha value is -1.73. The summed E-state index contributed by atoms with van der Waals surface area (Å²) in [6.07, 6.45) is -0.213. The van der Waals surface area contributed by atoms with Gasteiger partial charge in [-0.05, 0) is 24.3 Å². The molecule has 1 aliphatic heterocycles. The molecule has 23 heavy (non-hydrogen) atoms. The summed E-state index contributed by atoms with van der Waals surface area (Å²) in [6, 6.07) is 8.04. The van der Waals surface area contributed by atoms with Gasteiger partial charge in [0, 0.05) is 45.9 Å². The van der Waals surface area contributed by atoms with Crippen molar-refractivity contribution in [2.45, 2.75) is 13.1 Å². The maximum absolute atomic E-state index is 11.3. The summed E-state index contributed by atoms with van der Waals surface area (Å²) in [4.78, 5) is 15.5. The number of benzene rings is 1. The molecule has 1 aromatic rings. The lowest BCUT2D eigenvalue weighted by atomic mass is 10.1. The molecule has 0 aliphatic carbocycles. The molecule has 6 nitrogen and oxygen atoms in total. The van der Waals surface area contributed by atoms with Gasteiger partial charge in [-0.25, -0.2) is 0 Å². The number of hydrogen-bond donors (Lipinski definition) is 0. The molecule has 1 amide bonds. The first kappa shape index (κ1) is 17.6. The van der Waals surface area contributed by atoms with Gasteiger partial charge in [0.05, 0.1) is 6.61 Å². The third-order valence-electron chi connectivity index (χ3n) is 3.96. The molecule has 1 saturated heterocycles. The van der Waals surface area contributed by atoms with Crippen LogP contribution in [0.4, 0.5) is 5.69 Å². The molecule has 1 aromatic carbocycles. The predicted octanol–water partition coefficient (Wildman–Crippen LogP) is 0.314. The fourth-order valence-electron chi connectivity index (χ4n) is 2.47. The molecule has 126 valence electrons. The van der Waals surface area contributed by atoms with Crippen LogP contribution in [0, 0.1) is 0 Å². The monoisotopic (exact) mass is 320 g/mol. The lowest BCUT2D eigenvalue weighted by Gasteiger charge is -2.35. The van der Waals surface area contributed by atoms with E-state index in [1.165, 1.54) is 0 Å². The number of anilines is 1. The highest BCUT2D eigenvalue weighted by Gasteiger charge is 2.18. The van der Waals surface area contributed by atoms with E-state index in [2.05, 4.69) is 17.0 Å².